The number of nitrogens with zero attached hydrogens (tertiary/aromatic N) is 2. The van der Waals surface area contributed by atoms with Gasteiger partial charge in [-0.3, -0.25) is 19.2 Å². The van der Waals surface area contributed by atoms with E-state index in [9.17, 15) is 19.2 Å². The molecule has 7 nitrogen and oxygen atoms in total. The lowest BCUT2D eigenvalue weighted by atomic mass is 9.97. The van der Waals surface area contributed by atoms with Gasteiger partial charge in [-0.2, -0.15) is 0 Å². The molecule has 30 heavy (non-hydrogen) atoms. The molecule has 0 N–H and O–H groups in total. The van der Waals surface area contributed by atoms with Gasteiger partial charge in [-0.05, 0) is 45.2 Å². The Hall–Kier alpha value is -2.70. The molecule has 1 heterocycles. The first-order chi connectivity index (χ1) is 14.2. The SMILES string of the molecule is CCOC(=O)C1CCN(C(=O)CN(C)C(=O)CCC(=O)c2cc(C)ccc2C)CC1. The molecule has 0 aliphatic carbocycles. The third-order valence-corrected chi connectivity index (χ3v) is 5.53. The van der Waals surface area contributed by atoms with Gasteiger partial charge in [-0.1, -0.05) is 17.7 Å². The number of aryl methyl sites for hydroxylation is 2. The van der Waals surface area contributed by atoms with E-state index in [4.69, 9.17) is 4.74 Å². The summed E-state index contributed by atoms with van der Waals surface area (Å²) in [6.07, 6.45) is 1.34. The van der Waals surface area contributed by atoms with Gasteiger partial charge in [0.15, 0.2) is 5.78 Å². The van der Waals surface area contributed by atoms with Crippen molar-refractivity contribution in [3.8, 4) is 0 Å². The lowest BCUT2D eigenvalue weighted by molar-refractivity contribution is -0.151. The molecule has 0 atom stereocenters. The number of carbonyl (C=O) groups excluding carboxylic acids is 4. The Labute approximate surface area is 178 Å². The zero-order valence-corrected chi connectivity index (χ0v) is 18.4. The number of ketones is 1. The fourth-order valence-corrected chi connectivity index (χ4v) is 3.60. The standard InChI is InChI=1S/C23H32N2O5/c1-5-30-23(29)18-10-12-25(13-11-18)22(28)15-24(4)21(27)9-8-20(26)19-14-16(2)6-7-17(19)3/h6-7,14,18H,5,8-13,15H2,1-4H3. The maximum absolute atomic E-state index is 12.5. The molecule has 0 aromatic heterocycles. The van der Waals surface area contributed by atoms with Gasteiger partial charge in [-0.25, -0.2) is 0 Å². The van der Waals surface area contributed by atoms with Crippen molar-refractivity contribution < 1.29 is 23.9 Å². The van der Waals surface area contributed by atoms with Crippen LogP contribution >= 0.6 is 0 Å². The second-order valence-electron chi connectivity index (χ2n) is 7.90. The topological polar surface area (TPSA) is 84.0 Å². The summed E-state index contributed by atoms with van der Waals surface area (Å²) < 4.78 is 5.04. The van der Waals surface area contributed by atoms with Crippen molar-refractivity contribution >= 4 is 23.6 Å². The quantitative estimate of drug-likeness (QED) is 0.480. The van der Waals surface area contributed by atoms with E-state index in [0.717, 1.165) is 11.1 Å². The van der Waals surface area contributed by atoms with E-state index >= 15 is 0 Å². The van der Waals surface area contributed by atoms with E-state index in [1.165, 1.54) is 4.90 Å². The first kappa shape index (κ1) is 23.6. The number of ether oxygens (including phenoxy) is 1. The Bertz CT molecular complexity index is 797. The highest BCUT2D eigenvalue weighted by molar-refractivity contribution is 5.99. The Morgan fingerprint density at radius 3 is 2.40 bits per heavy atom. The predicted octanol–water partition coefficient (Wildman–Crippen LogP) is 2.53. The Morgan fingerprint density at radius 1 is 1.10 bits per heavy atom. The summed E-state index contributed by atoms with van der Waals surface area (Å²) >= 11 is 0. The molecule has 2 rings (SSSR count). The number of piperidine rings is 1. The van der Waals surface area contributed by atoms with E-state index < -0.39 is 0 Å². The van der Waals surface area contributed by atoms with Crippen LogP contribution in [0.3, 0.4) is 0 Å². The number of benzene rings is 1. The number of esters is 1. The Balaban J connectivity index is 1.78. The average molecular weight is 417 g/mol. The van der Waals surface area contributed by atoms with Gasteiger partial charge < -0.3 is 14.5 Å². The number of likely N-dealkylation sites (tertiary alicyclic amines) is 1. The first-order valence-corrected chi connectivity index (χ1v) is 10.5. The third-order valence-electron chi connectivity index (χ3n) is 5.53. The molecule has 2 amide bonds. The van der Waals surface area contributed by atoms with Crippen LogP contribution < -0.4 is 0 Å². The molecule has 1 aromatic carbocycles. The molecule has 1 aromatic rings. The van der Waals surface area contributed by atoms with E-state index in [1.54, 1.807) is 18.9 Å². The molecule has 0 saturated carbocycles. The number of likely N-dealkylation sites (N-methyl/N-ethyl adjacent to an activating group) is 1. The largest absolute Gasteiger partial charge is 0.466 e. The van der Waals surface area contributed by atoms with Crippen molar-refractivity contribution in [3.63, 3.8) is 0 Å². The zero-order valence-electron chi connectivity index (χ0n) is 18.4. The minimum Gasteiger partial charge on any atom is -0.466 e. The smallest absolute Gasteiger partial charge is 0.309 e. The second-order valence-corrected chi connectivity index (χ2v) is 7.90. The molecular weight excluding hydrogens is 384 g/mol. The van der Waals surface area contributed by atoms with Gasteiger partial charge in [0.25, 0.3) is 0 Å². The molecule has 0 bridgehead atoms. The molecule has 0 radical (unpaired) electrons. The van der Waals surface area contributed by atoms with Crippen molar-refractivity contribution in [2.24, 2.45) is 5.92 Å². The van der Waals surface area contributed by atoms with Crippen LogP contribution in [-0.4, -0.2) is 66.7 Å². The van der Waals surface area contributed by atoms with Gasteiger partial charge >= 0.3 is 5.97 Å². The number of hydrogen-bond acceptors (Lipinski definition) is 5. The van der Waals surface area contributed by atoms with Gasteiger partial charge in [0.05, 0.1) is 19.1 Å². The van der Waals surface area contributed by atoms with Crippen LogP contribution in [0.25, 0.3) is 0 Å². The summed E-state index contributed by atoms with van der Waals surface area (Å²) in [4.78, 5) is 52.2. The minimum atomic E-state index is -0.233. The maximum atomic E-state index is 12.5. The van der Waals surface area contributed by atoms with Crippen molar-refractivity contribution in [1.82, 2.24) is 9.80 Å². The monoisotopic (exact) mass is 416 g/mol. The van der Waals surface area contributed by atoms with Gasteiger partial charge in [0, 0.05) is 38.5 Å². The van der Waals surface area contributed by atoms with Crippen LogP contribution in [0.1, 0.15) is 54.1 Å². The highest BCUT2D eigenvalue weighted by Crippen LogP contribution is 2.19. The Morgan fingerprint density at radius 2 is 1.77 bits per heavy atom. The molecule has 1 fully saturated rings. The van der Waals surface area contributed by atoms with Crippen molar-refractivity contribution in [1.29, 1.82) is 0 Å². The van der Waals surface area contributed by atoms with Crippen LogP contribution in [-0.2, 0) is 19.1 Å². The lowest BCUT2D eigenvalue weighted by Crippen LogP contribution is -2.45. The van der Waals surface area contributed by atoms with E-state index in [-0.39, 0.29) is 48.9 Å². The zero-order chi connectivity index (χ0) is 22.3. The predicted molar refractivity (Wildman–Crippen MR) is 113 cm³/mol. The van der Waals surface area contributed by atoms with Crippen LogP contribution in [0.4, 0.5) is 0 Å². The summed E-state index contributed by atoms with van der Waals surface area (Å²) in [5.74, 6) is -0.808. The number of amides is 2. The van der Waals surface area contributed by atoms with Gasteiger partial charge in [0.2, 0.25) is 11.8 Å². The molecular formula is C23H32N2O5. The maximum Gasteiger partial charge on any atom is 0.309 e. The second kappa shape index (κ2) is 10.9. The molecule has 7 heteroatoms. The average Bonchev–Trinajstić information content (AvgIpc) is 2.73. The summed E-state index contributed by atoms with van der Waals surface area (Å²) in [5.41, 5.74) is 2.54. The van der Waals surface area contributed by atoms with Crippen LogP contribution in [0.5, 0.6) is 0 Å². The van der Waals surface area contributed by atoms with E-state index in [2.05, 4.69) is 0 Å². The highest BCUT2D eigenvalue weighted by atomic mass is 16.5. The molecule has 1 saturated heterocycles. The summed E-state index contributed by atoms with van der Waals surface area (Å²) in [7, 11) is 1.58. The molecule has 0 unspecified atom stereocenters. The van der Waals surface area contributed by atoms with Gasteiger partial charge in [-0.15, -0.1) is 0 Å². The number of hydrogen-bond donors (Lipinski definition) is 0. The van der Waals surface area contributed by atoms with Crippen molar-refractivity contribution in [3.05, 3.63) is 34.9 Å². The van der Waals surface area contributed by atoms with Gasteiger partial charge in [0.1, 0.15) is 0 Å². The van der Waals surface area contributed by atoms with Crippen molar-refractivity contribution in [2.75, 3.05) is 33.3 Å². The lowest BCUT2D eigenvalue weighted by Gasteiger charge is -2.32. The number of rotatable bonds is 8. The highest BCUT2D eigenvalue weighted by Gasteiger charge is 2.29. The number of Topliss-reactive ketones (excluding diaryl/α,β-unsaturated/α-hetero) is 1. The summed E-state index contributed by atoms with van der Waals surface area (Å²) in [6, 6.07) is 5.70. The third kappa shape index (κ3) is 6.40. The molecule has 164 valence electrons. The minimum absolute atomic E-state index is 0.0272. The number of carbonyl (C=O) groups is 4. The summed E-state index contributed by atoms with van der Waals surface area (Å²) in [5, 5.41) is 0. The van der Waals surface area contributed by atoms with Crippen molar-refractivity contribution in [2.45, 2.75) is 46.5 Å². The van der Waals surface area contributed by atoms with Crippen LogP contribution in [0, 0.1) is 19.8 Å². The fraction of sp³-hybridized carbons (Fsp3) is 0.565. The van der Waals surface area contributed by atoms with Crippen LogP contribution in [0.15, 0.2) is 18.2 Å². The molecule has 1 aliphatic rings. The normalized spacial score (nSPS) is 14.3. The summed E-state index contributed by atoms with van der Waals surface area (Å²) in [6.45, 7) is 6.88. The van der Waals surface area contributed by atoms with Crippen LogP contribution in [0.2, 0.25) is 0 Å². The van der Waals surface area contributed by atoms with E-state index in [0.29, 0.717) is 38.1 Å². The van der Waals surface area contributed by atoms with E-state index in [1.807, 2.05) is 32.0 Å². The molecule has 1 aliphatic heterocycles. The fourth-order valence-electron chi connectivity index (χ4n) is 3.60. The molecule has 0 spiro atoms. The first-order valence-electron chi connectivity index (χ1n) is 10.5. The Kier molecular flexibility index (Phi) is 8.57.